The molecule has 0 aliphatic rings. The second kappa shape index (κ2) is 10.7. The molecule has 2 aromatic carbocycles. The highest BCUT2D eigenvalue weighted by molar-refractivity contribution is 7.99. The van der Waals surface area contributed by atoms with E-state index in [1.807, 2.05) is 37.3 Å². The number of nitrogens with one attached hydrogen (secondary N) is 1. The predicted octanol–water partition coefficient (Wildman–Crippen LogP) is 5.51. The van der Waals surface area contributed by atoms with Crippen LogP contribution in [0.1, 0.15) is 30.5 Å². The first-order valence-electron chi connectivity index (χ1n) is 8.51. The van der Waals surface area contributed by atoms with Gasteiger partial charge in [-0.1, -0.05) is 42.3 Å². The lowest BCUT2D eigenvalue weighted by Crippen LogP contribution is -2.29. The van der Waals surface area contributed by atoms with Crippen molar-refractivity contribution in [2.24, 2.45) is 0 Å². The first kappa shape index (κ1) is 21.7. The second-order valence-corrected chi connectivity index (χ2v) is 7.68. The molecule has 0 fully saturated rings. The highest BCUT2D eigenvalue weighted by Gasteiger charge is 2.15. The summed E-state index contributed by atoms with van der Waals surface area (Å²) in [6.45, 7) is 2.03. The van der Waals surface area contributed by atoms with Gasteiger partial charge >= 0.3 is 0 Å². The van der Waals surface area contributed by atoms with Gasteiger partial charge < -0.3 is 14.8 Å². The van der Waals surface area contributed by atoms with Crippen LogP contribution in [0.15, 0.2) is 36.4 Å². The van der Waals surface area contributed by atoms with Gasteiger partial charge in [-0.15, -0.1) is 11.8 Å². The normalized spacial score (nSPS) is 11.7. The summed E-state index contributed by atoms with van der Waals surface area (Å²) in [5, 5.41) is 4.13. The summed E-state index contributed by atoms with van der Waals surface area (Å²) in [7, 11) is 3.20. The van der Waals surface area contributed by atoms with Crippen LogP contribution in [0.2, 0.25) is 10.0 Å². The Hall–Kier alpha value is -1.56. The van der Waals surface area contributed by atoms with Crippen LogP contribution in [0.25, 0.3) is 0 Å². The fraction of sp³-hybridized carbons (Fsp3) is 0.350. The molecule has 1 N–H and O–H groups in total. The van der Waals surface area contributed by atoms with E-state index in [1.54, 1.807) is 20.3 Å². The van der Waals surface area contributed by atoms with Crippen molar-refractivity contribution >= 4 is 40.9 Å². The van der Waals surface area contributed by atoms with Crippen LogP contribution >= 0.6 is 35.0 Å². The maximum atomic E-state index is 12.3. The van der Waals surface area contributed by atoms with Gasteiger partial charge in [-0.05, 0) is 41.8 Å². The average molecular weight is 428 g/mol. The number of hydrogen-bond donors (Lipinski definition) is 1. The third kappa shape index (κ3) is 6.23. The Morgan fingerprint density at radius 1 is 1.07 bits per heavy atom. The molecule has 0 saturated heterocycles. The standard InChI is InChI=1S/C20H23Cl2NO3S/c1-4-17(14-6-8-18(25-2)19(10-14)26-3)23-20(24)12-27-11-13-5-7-15(21)16(22)9-13/h5-10,17H,4,11-12H2,1-3H3,(H,23,24). The summed E-state index contributed by atoms with van der Waals surface area (Å²) in [6.07, 6.45) is 0.776. The number of rotatable bonds is 9. The summed E-state index contributed by atoms with van der Waals surface area (Å²) >= 11 is 13.5. The molecule has 2 aromatic rings. The molecule has 0 spiro atoms. The minimum absolute atomic E-state index is 0.0123. The number of benzene rings is 2. The fourth-order valence-corrected chi connectivity index (χ4v) is 3.72. The lowest BCUT2D eigenvalue weighted by atomic mass is 10.0. The molecule has 0 aliphatic heterocycles. The number of carbonyl (C=O) groups is 1. The predicted molar refractivity (Wildman–Crippen MR) is 113 cm³/mol. The first-order valence-corrected chi connectivity index (χ1v) is 10.4. The number of hydrogen-bond acceptors (Lipinski definition) is 4. The molecule has 0 radical (unpaired) electrons. The molecule has 146 valence electrons. The van der Waals surface area contributed by atoms with Crippen molar-refractivity contribution in [3.63, 3.8) is 0 Å². The number of thioether (sulfide) groups is 1. The summed E-state index contributed by atoms with van der Waals surface area (Å²) in [4.78, 5) is 12.3. The van der Waals surface area contributed by atoms with Crippen molar-refractivity contribution in [3.8, 4) is 11.5 Å². The van der Waals surface area contributed by atoms with Crippen molar-refractivity contribution < 1.29 is 14.3 Å². The molecule has 4 nitrogen and oxygen atoms in total. The van der Waals surface area contributed by atoms with Gasteiger partial charge in [-0.25, -0.2) is 0 Å². The minimum atomic E-state index is -0.0807. The topological polar surface area (TPSA) is 47.6 Å². The van der Waals surface area contributed by atoms with Crippen LogP contribution in [0, 0.1) is 0 Å². The number of methoxy groups -OCH3 is 2. The van der Waals surface area contributed by atoms with Crippen LogP contribution in [0.5, 0.6) is 11.5 Å². The van der Waals surface area contributed by atoms with Crippen molar-refractivity contribution in [2.75, 3.05) is 20.0 Å². The van der Waals surface area contributed by atoms with Crippen molar-refractivity contribution in [1.82, 2.24) is 5.32 Å². The zero-order valence-corrected chi connectivity index (χ0v) is 17.9. The van der Waals surface area contributed by atoms with Crippen LogP contribution in [0.4, 0.5) is 0 Å². The fourth-order valence-electron chi connectivity index (χ4n) is 2.62. The van der Waals surface area contributed by atoms with Gasteiger partial charge in [0.25, 0.3) is 0 Å². The first-order chi connectivity index (χ1) is 13.0. The molecule has 0 bridgehead atoms. The molecule has 1 atom stereocenters. The molecule has 0 aromatic heterocycles. The Labute approximate surface area is 174 Å². The Kier molecular flexibility index (Phi) is 8.61. The Morgan fingerprint density at radius 2 is 1.81 bits per heavy atom. The van der Waals surface area contributed by atoms with E-state index in [9.17, 15) is 4.79 Å². The zero-order chi connectivity index (χ0) is 19.8. The molecule has 0 aliphatic carbocycles. The van der Waals surface area contributed by atoms with E-state index in [1.165, 1.54) is 11.8 Å². The largest absolute Gasteiger partial charge is 0.493 e. The van der Waals surface area contributed by atoms with Gasteiger partial charge in [-0.3, -0.25) is 4.79 Å². The molecule has 0 heterocycles. The van der Waals surface area contributed by atoms with Gasteiger partial charge in [-0.2, -0.15) is 0 Å². The van der Waals surface area contributed by atoms with Crippen LogP contribution < -0.4 is 14.8 Å². The molecule has 0 saturated carbocycles. The monoisotopic (exact) mass is 427 g/mol. The highest BCUT2D eigenvalue weighted by Crippen LogP contribution is 2.31. The van der Waals surface area contributed by atoms with Gasteiger partial charge in [0.15, 0.2) is 11.5 Å². The molecule has 1 unspecified atom stereocenters. The smallest absolute Gasteiger partial charge is 0.230 e. The summed E-state index contributed by atoms with van der Waals surface area (Å²) in [6, 6.07) is 11.1. The van der Waals surface area contributed by atoms with Gasteiger partial charge in [0.2, 0.25) is 5.91 Å². The van der Waals surface area contributed by atoms with Gasteiger partial charge in [0.1, 0.15) is 0 Å². The van der Waals surface area contributed by atoms with E-state index in [2.05, 4.69) is 5.32 Å². The zero-order valence-electron chi connectivity index (χ0n) is 15.6. The quantitative estimate of drug-likeness (QED) is 0.572. The van der Waals surface area contributed by atoms with E-state index in [0.717, 1.165) is 17.5 Å². The average Bonchev–Trinajstić information content (AvgIpc) is 2.68. The third-order valence-corrected chi connectivity index (χ3v) is 5.78. The lowest BCUT2D eigenvalue weighted by Gasteiger charge is -2.19. The Balaban J connectivity index is 1.91. The SMILES string of the molecule is CCC(NC(=O)CSCc1ccc(Cl)c(Cl)c1)c1ccc(OC)c(OC)c1. The Bertz CT molecular complexity index is 786. The van der Waals surface area contributed by atoms with Gasteiger partial charge in [0.05, 0.1) is 36.1 Å². The van der Waals surface area contributed by atoms with E-state index < -0.39 is 0 Å². The van der Waals surface area contributed by atoms with Crippen LogP contribution in [0.3, 0.4) is 0 Å². The summed E-state index contributed by atoms with van der Waals surface area (Å²) < 4.78 is 10.6. The van der Waals surface area contributed by atoms with Crippen molar-refractivity contribution in [2.45, 2.75) is 25.1 Å². The van der Waals surface area contributed by atoms with E-state index in [-0.39, 0.29) is 11.9 Å². The molecule has 27 heavy (non-hydrogen) atoms. The van der Waals surface area contributed by atoms with Crippen molar-refractivity contribution in [3.05, 3.63) is 57.6 Å². The van der Waals surface area contributed by atoms with Crippen LogP contribution in [-0.4, -0.2) is 25.9 Å². The molecular weight excluding hydrogens is 405 g/mol. The van der Waals surface area contributed by atoms with E-state index in [4.69, 9.17) is 32.7 Å². The minimum Gasteiger partial charge on any atom is -0.493 e. The number of halogens is 2. The number of amides is 1. The Morgan fingerprint density at radius 3 is 2.44 bits per heavy atom. The van der Waals surface area contributed by atoms with Gasteiger partial charge in [0, 0.05) is 5.75 Å². The molecule has 2 rings (SSSR count). The number of carbonyl (C=O) groups excluding carboxylic acids is 1. The maximum Gasteiger partial charge on any atom is 0.230 e. The maximum absolute atomic E-state index is 12.3. The van der Waals surface area contributed by atoms with Crippen LogP contribution in [-0.2, 0) is 10.5 Å². The van der Waals surface area contributed by atoms with Crippen molar-refractivity contribution in [1.29, 1.82) is 0 Å². The molecule has 7 heteroatoms. The number of ether oxygens (including phenoxy) is 2. The summed E-state index contributed by atoms with van der Waals surface area (Å²) in [5.74, 6) is 2.36. The summed E-state index contributed by atoms with van der Waals surface area (Å²) in [5.41, 5.74) is 2.02. The highest BCUT2D eigenvalue weighted by atomic mass is 35.5. The lowest BCUT2D eigenvalue weighted by molar-refractivity contribution is -0.119. The third-order valence-electron chi connectivity index (χ3n) is 4.04. The molecule has 1 amide bonds. The van der Waals surface area contributed by atoms with E-state index in [0.29, 0.717) is 33.0 Å². The second-order valence-electron chi connectivity index (χ2n) is 5.88. The molecular formula is C20H23Cl2NO3S. The van der Waals surface area contributed by atoms with E-state index >= 15 is 0 Å².